The molecule has 9 heteroatoms. The number of benzene rings is 3. The van der Waals surface area contributed by atoms with Crippen molar-refractivity contribution in [3.05, 3.63) is 99.9 Å². The molecule has 0 spiro atoms. The Labute approximate surface area is 182 Å². The van der Waals surface area contributed by atoms with Gasteiger partial charge in [0, 0.05) is 5.56 Å². The summed E-state index contributed by atoms with van der Waals surface area (Å²) in [7, 11) is -4.72. The maximum Gasteiger partial charge on any atom is 0.344 e. The lowest BCUT2D eigenvalue weighted by Crippen LogP contribution is -2.22. The van der Waals surface area contributed by atoms with Gasteiger partial charge in [0.1, 0.15) is 16.2 Å². The van der Waals surface area contributed by atoms with Crippen LogP contribution in [-0.2, 0) is 10.1 Å². The SMILES string of the molecule is Nc1c(S(=O)(=O)O)ccc2oc(=O)c(C(C(=O)c3ccccc3)c3ccccc3)c(O)c12. The molecule has 4 aromatic rings. The van der Waals surface area contributed by atoms with Gasteiger partial charge < -0.3 is 15.3 Å². The van der Waals surface area contributed by atoms with E-state index in [1.54, 1.807) is 60.7 Å². The zero-order valence-electron chi connectivity index (χ0n) is 16.4. The summed E-state index contributed by atoms with van der Waals surface area (Å²) >= 11 is 0. The second kappa shape index (κ2) is 7.95. The molecular weight excluding hydrogens is 434 g/mol. The van der Waals surface area contributed by atoms with Crippen molar-refractivity contribution >= 4 is 32.6 Å². The van der Waals surface area contributed by atoms with Gasteiger partial charge in [0.15, 0.2) is 5.78 Å². The topological polar surface area (TPSA) is 148 Å². The molecule has 1 unspecified atom stereocenters. The van der Waals surface area contributed by atoms with Crippen LogP contribution in [0.25, 0.3) is 11.0 Å². The second-order valence-electron chi connectivity index (χ2n) is 7.05. The molecule has 32 heavy (non-hydrogen) atoms. The Morgan fingerprint density at radius 1 is 0.938 bits per heavy atom. The van der Waals surface area contributed by atoms with Crippen LogP contribution < -0.4 is 11.4 Å². The number of hydrogen-bond donors (Lipinski definition) is 3. The molecule has 0 saturated carbocycles. The Morgan fingerprint density at radius 3 is 2.12 bits per heavy atom. The van der Waals surface area contributed by atoms with E-state index in [1.165, 1.54) is 0 Å². The summed E-state index contributed by atoms with van der Waals surface area (Å²) < 4.78 is 38.0. The summed E-state index contributed by atoms with van der Waals surface area (Å²) in [6, 6.07) is 18.6. The summed E-state index contributed by atoms with van der Waals surface area (Å²) in [6.45, 7) is 0. The molecule has 0 radical (unpaired) electrons. The smallest absolute Gasteiger partial charge is 0.344 e. The van der Waals surface area contributed by atoms with Gasteiger partial charge in [-0.1, -0.05) is 60.7 Å². The summed E-state index contributed by atoms with van der Waals surface area (Å²) in [5.41, 5.74) is 4.53. The van der Waals surface area contributed by atoms with Gasteiger partial charge in [-0.3, -0.25) is 9.35 Å². The number of hydrogen-bond acceptors (Lipinski definition) is 7. The fraction of sp³-hybridized carbons (Fsp3) is 0.0435. The van der Waals surface area contributed by atoms with Crippen LogP contribution in [0.3, 0.4) is 0 Å². The number of nitrogen functional groups attached to an aromatic ring is 1. The van der Waals surface area contributed by atoms with Crippen molar-refractivity contribution in [2.75, 3.05) is 5.73 Å². The van der Waals surface area contributed by atoms with Gasteiger partial charge in [0.25, 0.3) is 10.1 Å². The van der Waals surface area contributed by atoms with Gasteiger partial charge in [0.05, 0.1) is 22.6 Å². The summed E-state index contributed by atoms with van der Waals surface area (Å²) in [6.07, 6.45) is 0. The zero-order valence-corrected chi connectivity index (χ0v) is 17.2. The fourth-order valence-electron chi connectivity index (χ4n) is 3.64. The molecule has 0 aliphatic carbocycles. The van der Waals surface area contributed by atoms with E-state index in [4.69, 9.17) is 10.2 Å². The second-order valence-corrected chi connectivity index (χ2v) is 8.44. The first-order valence-corrected chi connectivity index (χ1v) is 10.8. The Bertz CT molecular complexity index is 1490. The average Bonchev–Trinajstić information content (AvgIpc) is 2.76. The third kappa shape index (κ3) is 3.64. The minimum Gasteiger partial charge on any atom is -0.506 e. The highest BCUT2D eigenvalue weighted by atomic mass is 32.2. The van der Waals surface area contributed by atoms with E-state index in [1.807, 2.05) is 0 Å². The first-order chi connectivity index (χ1) is 15.2. The zero-order chi connectivity index (χ0) is 23.0. The van der Waals surface area contributed by atoms with Gasteiger partial charge in [-0.05, 0) is 17.7 Å². The Hall–Kier alpha value is -3.95. The molecule has 1 heterocycles. The monoisotopic (exact) mass is 451 g/mol. The molecule has 0 aliphatic rings. The first-order valence-electron chi connectivity index (χ1n) is 9.40. The minimum atomic E-state index is -4.72. The van der Waals surface area contributed by atoms with Crippen molar-refractivity contribution in [2.45, 2.75) is 10.8 Å². The van der Waals surface area contributed by atoms with E-state index < -0.39 is 49.3 Å². The van der Waals surface area contributed by atoms with Crippen LogP contribution in [0.15, 0.2) is 86.9 Å². The predicted molar refractivity (Wildman–Crippen MR) is 117 cm³/mol. The number of nitrogens with two attached hydrogens (primary N) is 1. The van der Waals surface area contributed by atoms with Crippen LogP contribution in [0.4, 0.5) is 5.69 Å². The highest BCUT2D eigenvalue weighted by Gasteiger charge is 2.32. The van der Waals surface area contributed by atoms with E-state index in [9.17, 15) is 27.7 Å². The van der Waals surface area contributed by atoms with Gasteiger partial charge in [-0.15, -0.1) is 0 Å². The van der Waals surface area contributed by atoms with Crippen LogP contribution in [0, 0.1) is 0 Å². The van der Waals surface area contributed by atoms with Crippen molar-refractivity contribution in [1.82, 2.24) is 0 Å². The Morgan fingerprint density at radius 2 is 1.53 bits per heavy atom. The predicted octanol–water partition coefficient (Wildman–Crippen LogP) is 3.34. The standard InChI is InChI=1S/C23H17NO7S/c24-20-16(32(28,29)30)12-11-15-18(20)22(26)19(23(27)31-15)17(13-7-3-1-4-8-13)21(25)14-9-5-2-6-10-14/h1-12,17,26H,24H2,(H,28,29,30). The Kier molecular flexibility index (Phi) is 5.29. The molecule has 1 atom stereocenters. The molecule has 0 amide bonds. The lowest BCUT2D eigenvalue weighted by Gasteiger charge is -2.18. The maximum atomic E-state index is 13.4. The summed E-state index contributed by atoms with van der Waals surface area (Å²) in [5.74, 6) is -2.44. The van der Waals surface area contributed by atoms with Crippen LogP contribution >= 0.6 is 0 Å². The number of anilines is 1. The Balaban J connectivity index is 2.06. The normalized spacial score (nSPS) is 12.5. The largest absolute Gasteiger partial charge is 0.506 e. The third-order valence-corrected chi connectivity index (χ3v) is 6.01. The molecule has 0 saturated heterocycles. The lowest BCUT2D eigenvalue weighted by atomic mass is 9.84. The van der Waals surface area contributed by atoms with Gasteiger partial charge in [-0.25, -0.2) is 4.79 Å². The first kappa shape index (κ1) is 21.3. The number of Topliss-reactive ketones (excluding diaryl/α,β-unsaturated/α-hetero) is 1. The quantitative estimate of drug-likeness (QED) is 0.181. The third-order valence-electron chi connectivity index (χ3n) is 5.10. The lowest BCUT2D eigenvalue weighted by molar-refractivity contribution is 0.0971. The van der Waals surface area contributed by atoms with Gasteiger partial charge in [0.2, 0.25) is 0 Å². The molecule has 3 aromatic carbocycles. The molecular formula is C23H17NO7S. The summed E-state index contributed by atoms with van der Waals surface area (Å²) in [5, 5.41) is 10.8. The molecule has 4 N–H and O–H groups in total. The van der Waals surface area contributed by atoms with Crippen LogP contribution in [0.1, 0.15) is 27.4 Å². The van der Waals surface area contributed by atoms with Crippen molar-refractivity contribution in [2.24, 2.45) is 0 Å². The van der Waals surface area contributed by atoms with Gasteiger partial charge >= 0.3 is 5.63 Å². The molecule has 4 rings (SSSR count). The number of carbonyl (C=O) groups is 1. The van der Waals surface area contributed by atoms with E-state index >= 15 is 0 Å². The maximum absolute atomic E-state index is 13.4. The molecule has 162 valence electrons. The van der Waals surface area contributed by atoms with E-state index in [-0.39, 0.29) is 11.0 Å². The number of fused-ring (bicyclic) bond motifs is 1. The molecule has 1 aromatic heterocycles. The van der Waals surface area contributed by atoms with Crippen molar-refractivity contribution < 1.29 is 27.3 Å². The fourth-order valence-corrected chi connectivity index (χ4v) is 4.26. The number of rotatable bonds is 5. The summed E-state index contributed by atoms with van der Waals surface area (Å²) in [4.78, 5) is 25.7. The minimum absolute atomic E-state index is 0.194. The molecule has 0 bridgehead atoms. The molecule has 8 nitrogen and oxygen atoms in total. The van der Waals surface area contributed by atoms with Gasteiger partial charge in [-0.2, -0.15) is 8.42 Å². The number of carbonyl (C=O) groups excluding carboxylic acids is 1. The molecule has 0 aliphatic heterocycles. The van der Waals surface area contributed by atoms with E-state index in [2.05, 4.69) is 0 Å². The van der Waals surface area contributed by atoms with Crippen LogP contribution in [-0.4, -0.2) is 23.9 Å². The highest BCUT2D eigenvalue weighted by Crippen LogP contribution is 2.40. The molecule has 0 fully saturated rings. The number of ketones is 1. The van der Waals surface area contributed by atoms with E-state index in [0.29, 0.717) is 11.1 Å². The van der Waals surface area contributed by atoms with Crippen molar-refractivity contribution in [3.8, 4) is 5.75 Å². The van der Waals surface area contributed by atoms with Crippen molar-refractivity contribution in [3.63, 3.8) is 0 Å². The van der Waals surface area contributed by atoms with Crippen molar-refractivity contribution in [1.29, 1.82) is 0 Å². The van der Waals surface area contributed by atoms with Crippen LogP contribution in [0.2, 0.25) is 0 Å². The highest BCUT2D eigenvalue weighted by molar-refractivity contribution is 7.86. The number of aromatic hydroxyl groups is 1. The average molecular weight is 451 g/mol. The van der Waals surface area contributed by atoms with E-state index in [0.717, 1.165) is 12.1 Å². The van der Waals surface area contributed by atoms with Crippen LogP contribution in [0.5, 0.6) is 5.75 Å².